The standard InChI is InChI=1S/C52H46N6O4S2/c1-49(2)9-13-57-15-11-51(5,6)39-41(57)31(49)21-27-29(23-53)37(47(59)61-43(27)39)45-55-33-17-25-20-36-34(18-26(25)19-35(33)63-45)56-46(64-36)38-30(24-54)28-22-32-42-40(44(28)62-48(38)60)52(7,8)12-16-58(42)14-10-50(32,3)4/h17-22H,9-16H2,1-8H3. The summed E-state index contributed by atoms with van der Waals surface area (Å²) in [7, 11) is 0. The quantitative estimate of drug-likeness (QED) is 0.154. The Balaban J connectivity index is 0.993. The van der Waals surface area contributed by atoms with Crippen LogP contribution < -0.4 is 21.1 Å². The van der Waals surface area contributed by atoms with Gasteiger partial charge in [0.25, 0.3) is 0 Å². The van der Waals surface area contributed by atoms with Gasteiger partial charge in [0.15, 0.2) is 0 Å². The van der Waals surface area contributed by atoms with Crippen molar-refractivity contribution < 1.29 is 8.83 Å². The summed E-state index contributed by atoms with van der Waals surface area (Å²) in [5, 5.41) is 25.7. The zero-order valence-corrected chi connectivity index (χ0v) is 38.9. The van der Waals surface area contributed by atoms with Crippen molar-refractivity contribution in [1.29, 1.82) is 10.5 Å². The third-order valence-corrected chi connectivity index (χ3v) is 17.4. The molecule has 10 nitrogen and oxygen atoms in total. The molecule has 0 bridgehead atoms. The summed E-state index contributed by atoms with van der Waals surface area (Å²) < 4.78 is 14.3. The Bertz CT molecular complexity index is 3370. The molecule has 12 heteroatoms. The van der Waals surface area contributed by atoms with Gasteiger partial charge in [-0.3, -0.25) is 0 Å². The Hall–Kier alpha value is -6.08. The number of hydrogen-bond acceptors (Lipinski definition) is 12. The number of benzene rings is 4. The van der Waals surface area contributed by atoms with E-state index in [1.807, 2.05) is 24.3 Å². The second-order valence-corrected chi connectivity index (χ2v) is 23.1. The van der Waals surface area contributed by atoms with Crippen molar-refractivity contribution in [3.63, 3.8) is 0 Å². The highest BCUT2D eigenvalue weighted by molar-refractivity contribution is 7.22. The number of anilines is 2. The van der Waals surface area contributed by atoms with E-state index in [4.69, 9.17) is 18.8 Å². The summed E-state index contributed by atoms with van der Waals surface area (Å²) in [6, 6.07) is 17.1. The predicted octanol–water partition coefficient (Wildman–Crippen LogP) is 11.7. The lowest BCUT2D eigenvalue weighted by Crippen LogP contribution is -2.44. The molecule has 0 aliphatic carbocycles. The number of rotatable bonds is 2. The van der Waals surface area contributed by atoms with Crippen molar-refractivity contribution in [3.05, 3.63) is 90.6 Å². The maximum absolute atomic E-state index is 14.2. The lowest BCUT2D eigenvalue weighted by Gasteiger charge is -2.48. The molecule has 0 atom stereocenters. The van der Waals surface area contributed by atoms with Gasteiger partial charge in [0.1, 0.15) is 44.4 Å². The van der Waals surface area contributed by atoms with Crippen molar-refractivity contribution in [3.8, 4) is 33.3 Å². The average Bonchev–Trinajstić information content (AvgIpc) is 3.84. The molecular formula is C52H46N6O4S2. The highest BCUT2D eigenvalue weighted by atomic mass is 32.1. The van der Waals surface area contributed by atoms with Crippen LogP contribution in [0.15, 0.2) is 54.8 Å². The molecule has 4 aliphatic heterocycles. The van der Waals surface area contributed by atoms with E-state index in [0.29, 0.717) is 54.1 Å². The largest absolute Gasteiger partial charge is 0.422 e. The molecule has 8 aromatic rings. The van der Waals surface area contributed by atoms with Gasteiger partial charge in [-0.25, -0.2) is 19.6 Å². The van der Waals surface area contributed by atoms with E-state index in [9.17, 15) is 20.1 Å². The van der Waals surface area contributed by atoms with Gasteiger partial charge in [-0.2, -0.15) is 10.5 Å². The Labute approximate surface area is 377 Å². The van der Waals surface area contributed by atoms with Gasteiger partial charge in [0.2, 0.25) is 0 Å². The van der Waals surface area contributed by atoms with Crippen LogP contribution in [0.1, 0.15) is 114 Å². The van der Waals surface area contributed by atoms with Crippen molar-refractivity contribution in [2.24, 2.45) is 0 Å². The molecule has 64 heavy (non-hydrogen) atoms. The molecule has 4 aliphatic rings. The highest BCUT2D eigenvalue weighted by Crippen LogP contribution is 2.54. The second-order valence-electron chi connectivity index (χ2n) is 21.1. The van der Waals surface area contributed by atoms with E-state index in [1.165, 1.54) is 33.8 Å². The fourth-order valence-electron chi connectivity index (χ4n) is 11.4. The molecule has 0 radical (unpaired) electrons. The molecular weight excluding hydrogens is 837 g/mol. The van der Waals surface area contributed by atoms with E-state index in [2.05, 4.69) is 89.5 Å². The molecule has 0 amide bonds. The van der Waals surface area contributed by atoms with Crippen LogP contribution in [0.4, 0.5) is 11.4 Å². The smallest absolute Gasteiger partial charge is 0.348 e. The molecule has 0 N–H and O–H groups in total. The van der Waals surface area contributed by atoms with E-state index in [-0.39, 0.29) is 32.8 Å². The van der Waals surface area contributed by atoms with Crippen molar-refractivity contribution in [1.82, 2.24) is 9.97 Å². The monoisotopic (exact) mass is 882 g/mol. The summed E-state index contributed by atoms with van der Waals surface area (Å²) in [6.45, 7) is 21.6. The predicted molar refractivity (Wildman–Crippen MR) is 258 cm³/mol. The summed E-state index contributed by atoms with van der Waals surface area (Å²) >= 11 is 2.72. The Morgan fingerprint density at radius 2 is 0.938 bits per heavy atom. The van der Waals surface area contributed by atoms with Crippen LogP contribution >= 0.6 is 22.7 Å². The molecule has 0 fully saturated rings. The second kappa shape index (κ2) is 12.8. The normalized spacial score (nSPS) is 19.0. The molecule has 0 unspecified atom stereocenters. The van der Waals surface area contributed by atoms with E-state index >= 15 is 0 Å². The van der Waals surface area contributed by atoms with Crippen LogP contribution in [0.25, 0.3) is 74.3 Å². The van der Waals surface area contributed by atoms with Crippen molar-refractivity contribution in [2.45, 2.75) is 103 Å². The van der Waals surface area contributed by atoms with Crippen LogP contribution in [0.2, 0.25) is 0 Å². The van der Waals surface area contributed by atoms with Crippen LogP contribution in [0.3, 0.4) is 0 Å². The van der Waals surface area contributed by atoms with Crippen LogP contribution in [-0.4, -0.2) is 36.1 Å². The summed E-state index contributed by atoms with van der Waals surface area (Å²) in [5.74, 6) is 0. The van der Waals surface area contributed by atoms with Gasteiger partial charge in [0, 0.05) is 59.5 Å². The van der Waals surface area contributed by atoms with E-state index < -0.39 is 11.3 Å². The SMILES string of the molecule is CC1(C)CCN2CCC(C)(C)c3c2c1cc1c(C#N)c(-c2nc4cc5cc6sc(-c7c(C#N)c8cc9c%10c(c8oc7=O)C(C)(C)CCN%10CCC9(C)C)nc6cc5cc4s2)c(=O)oc31. The topological polar surface area (TPSA) is 140 Å². The van der Waals surface area contributed by atoms with Gasteiger partial charge in [-0.05, 0) is 106 Å². The first-order valence-corrected chi connectivity index (χ1v) is 23.9. The minimum atomic E-state index is -0.562. The van der Waals surface area contributed by atoms with Gasteiger partial charge < -0.3 is 18.6 Å². The Kier molecular flexibility index (Phi) is 7.90. The zero-order chi connectivity index (χ0) is 44.6. The maximum Gasteiger partial charge on any atom is 0.348 e. The fraction of sp³-hybridized carbons (Fsp3) is 0.385. The van der Waals surface area contributed by atoms with Gasteiger partial charge in [-0.1, -0.05) is 55.4 Å². The number of aromatic nitrogens is 2. The number of hydrogen-bond donors (Lipinski definition) is 0. The molecule has 0 saturated heterocycles. The summed E-state index contributed by atoms with van der Waals surface area (Å²) in [6.07, 6.45) is 3.83. The van der Waals surface area contributed by atoms with Crippen LogP contribution in [0.5, 0.6) is 0 Å². The van der Waals surface area contributed by atoms with E-state index in [1.54, 1.807) is 0 Å². The van der Waals surface area contributed by atoms with Crippen LogP contribution in [-0.2, 0) is 21.7 Å². The number of nitrogens with zero attached hydrogens (tertiary/aromatic N) is 6. The molecule has 12 rings (SSSR count). The third-order valence-electron chi connectivity index (χ3n) is 15.3. The highest BCUT2D eigenvalue weighted by Gasteiger charge is 2.44. The Morgan fingerprint density at radius 1 is 0.562 bits per heavy atom. The fourth-order valence-corrected chi connectivity index (χ4v) is 13.4. The lowest BCUT2D eigenvalue weighted by atomic mass is 9.69. The summed E-state index contributed by atoms with van der Waals surface area (Å²) in [5.41, 5.74) is 8.26. The summed E-state index contributed by atoms with van der Waals surface area (Å²) in [4.78, 5) is 43.1. The molecule has 0 spiro atoms. The molecule has 4 aromatic carbocycles. The molecule has 4 aromatic heterocycles. The zero-order valence-electron chi connectivity index (χ0n) is 37.3. The minimum absolute atomic E-state index is 0.114. The van der Waals surface area contributed by atoms with Crippen molar-refractivity contribution >= 4 is 87.2 Å². The lowest BCUT2D eigenvalue weighted by molar-refractivity contribution is 0.398. The minimum Gasteiger partial charge on any atom is -0.422 e. The first kappa shape index (κ1) is 39.5. The molecule has 0 saturated carbocycles. The number of nitriles is 2. The van der Waals surface area contributed by atoms with Gasteiger partial charge >= 0.3 is 11.3 Å². The number of fused-ring (bicyclic) bond motifs is 7. The molecule has 8 heterocycles. The average molecular weight is 883 g/mol. The maximum atomic E-state index is 14.2. The van der Waals surface area contributed by atoms with E-state index in [0.717, 1.165) is 94.5 Å². The molecule has 320 valence electrons. The first-order valence-electron chi connectivity index (χ1n) is 22.2. The van der Waals surface area contributed by atoms with Crippen molar-refractivity contribution in [2.75, 3.05) is 36.0 Å². The number of thiazole rings is 2. The first-order chi connectivity index (χ1) is 30.4. The van der Waals surface area contributed by atoms with Crippen LogP contribution in [0, 0.1) is 22.7 Å². The third kappa shape index (κ3) is 5.33. The van der Waals surface area contributed by atoms with Gasteiger partial charge in [-0.15, -0.1) is 22.7 Å². The Morgan fingerprint density at radius 3 is 1.31 bits per heavy atom. The van der Waals surface area contributed by atoms with Gasteiger partial charge in [0.05, 0.1) is 31.6 Å².